The van der Waals surface area contributed by atoms with Gasteiger partial charge in [-0.15, -0.1) is 0 Å². The molecule has 33 heavy (non-hydrogen) atoms. The van der Waals surface area contributed by atoms with E-state index in [1.807, 2.05) is 17.2 Å². The van der Waals surface area contributed by atoms with Crippen LogP contribution in [0.5, 0.6) is 0 Å². The lowest BCUT2D eigenvalue weighted by Crippen LogP contribution is -2.36. The minimum atomic E-state index is -0.141. The quantitative estimate of drug-likeness (QED) is 0.606. The average Bonchev–Trinajstić information content (AvgIpc) is 3.54. The van der Waals surface area contributed by atoms with Crippen LogP contribution in [0.4, 0.5) is 15.6 Å². The Kier molecular flexibility index (Phi) is 5.24. The molecule has 2 unspecified atom stereocenters. The molecule has 1 aliphatic carbocycles. The number of H-pyrrole nitrogens is 1. The number of hydrogen-bond acceptors (Lipinski definition) is 7. The Morgan fingerprint density at radius 3 is 2.70 bits per heavy atom. The number of likely N-dealkylation sites (tertiary alicyclic amines) is 1. The number of amides is 2. The van der Waals surface area contributed by atoms with Gasteiger partial charge >= 0.3 is 6.03 Å². The first-order valence-electron chi connectivity index (χ1n) is 11.2. The van der Waals surface area contributed by atoms with Gasteiger partial charge in [0.05, 0.1) is 11.3 Å². The first kappa shape index (κ1) is 21.6. The predicted octanol–water partition coefficient (Wildman–Crippen LogP) is 3.96. The van der Waals surface area contributed by atoms with E-state index in [0.29, 0.717) is 28.6 Å². The second-order valence-electron chi connectivity index (χ2n) is 10.1. The van der Waals surface area contributed by atoms with Gasteiger partial charge in [0, 0.05) is 60.9 Å². The fourth-order valence-corrected chi connectivity index (χ4v) is 5.89. The molecular weight excluding hydrogens is 436 g/mol. The van der Waals surface area contributed by atoms with E-state index in [-0.39, 0.29) is 11.4 Å². The van der Waals surface area contributed by atoms with E-state index in [4.69, 9.17) is 0 Å². The molecule has 4 heterocycles. The average molecular weight is 465 g/mol. The number of pyridine rings is 1. The molecule has 0 radical (unpaired) electrons. The molecular formula is C23H28N8OS. The highest BCUT2D eigenvalue weighted by atomic mass is 32.1. The number of nitriles is 1. The lowest BCUT2D eigenvalue weighted by atomic mass is 9.96. The van der Waals surface area contributed by atoms with Crippen molar-refractivity contribution in [3.05, 3.63) is 29.8 Å². The Morgan fingerprint density at radius 2 is 2.06 bits per heavy atom. The molecule has 172 valence electrons. The summed E-state index contributed by atoms with van der Waals surface area (Å²) in [6.07, 6.45) is 5.50. The summed E-state index contributed by atoms with van der Waals surface area (Å²) < 4.78 is 4.38. The van der Waals surface area contributed by atoms with Gasteiger partial charge in [-0.05, 0) is 30.7 Å². The first-order chi connectivity index (χ1) is 15.7. The third-order valence-corrected chi connectivity index (χ3v) is 7.53. The van der Waals surface area contributed by atoms with E-state index in [1.165, 1.54) is 11.5 Å². The molecule has 5 rings (SSSR count). The SMILES string of the molecule is CN(c1c(C#N)cnc2[nH]ccc12)C1CC2CN(C(=O)Nc3nc(C(C)(C)C)ns3)C[C@H]2C1. The van der Waals surface area contributed by atoms with E-state index < -0.39 is 0 Å². The monoisotopic (exact) mass is 464 g/mol. The van der Waals surface area contributed by atoms with Crippen molar-refractivity contribution < 1.29 is 4.79 Å². The van der Waals surface area contributed by atoms with Crippen molar-refractivity contribution in [2.24, 2.45) is 11.8 Å². The molecule has 3 atom stereocenters. The molecule has 0 bridgehead atoms. The molecule has 0 spiro atoms. The molecule has 0 aromatic carbocycles. The van der Waals surface area contributed by atoms with Crippen LogP contribution in [0.3, 0.4) is 0 Å². The van der Waals surface area contributed by atoms with Gasteiger partial charge in [0.2, 0.25) is 5.13 Å². The number of urea groups is 1. The number of carbonyl (C=O) groups is 1. The Hall–Kier alpha value is -3.19. The van der Waals surface area contributed by atoms with Gasteiger partial charge in [-0.2, -0.15) is 9.64 Å². The van der Waals surface area contributed by atoms with Crippen molar-refractivity contribution >= 4 is 39.4 Å². The third-order valence-electron chi connectivity index (χ3n) is 6.90. The maximum absolute atomic E-state index is 12.8. The van der Waals surface area contributed by atoms with Crippen LogP contribution in [0, 0.1) is 23.2 Å². The standard InChI is InChI=1S/C23H28N8OS/c1-23(2,3)20-27-21(33-29-20)28-22(32)31-11-13-7-16(8-14(13)12-31)30(4)18-15(9-24)10-26-19-17(18)5-6-25-19/h5-6,10,13-14,16H,7-8,11-12H2,1-4H3,(H,25,26)(H,27,28,29,32)/t13-,14?,16?/m1/s1. The molecule has 3 aromatic heterocycles. The molecule has 2 amide bonds. The van der Waals surface area contributed by atoms with Crippen molar-refractivity contribution in [2.45, 2.75) is 45.1 Å². The molecule has 9 nitrogen and oxygen atoms in total. The number of rotatable bonds is 3. The second-order valence-corrected chi connectivity index (χ2v) is 10.9. The highest BCUT2D eigenvalue weighted by Gasteiger charge is 2.44. The van der Waals surface area contributed by atoms with Crippen molar-refractivity contribution in [3.63, 3.8) is 0 Å². The van der Waals surface area contributed by atoms with Crippen LogP contribution in [-0.4, -0.2) is 56.4 Å². The number of aromatic nitrogens is 4. The molecule has 10 heteroatoms. The van der Waals surface area contributed by atoms with Crippen LogP contribution in [0.2, 0.25) is 0 Å². The van der Waals surface area contributed by atoms with Crippen molar-refractivity contribution in [1.82, 2.24) is 24.2 Å². The normalized spacial score (nSPS) is 22.4. The molecule has 1 saturated heterocycles. The lowest BCUT2D eigenvalue weighted by molar-refractivity contribution is 0.218. The summed E-state index contributed by atoms with van der Waals surface area (Å²) in [4.78, 5) is 29.0. The first-order valence-corrected chi connectivity index (χ1v) is 12.0. The van der Waals surface area contributed by atoms with Crippen LogP contribution in [-0.2, 0) is 5.41 Å². The minimum absolute atomic E-state index is 0.0964. The van der Waals surface area contributed by atoms with Gasteiger partial charge in [-0.3, -0.25) is 5.32 Å². The maximum Gasteiger partial charge on any atom is 0.323 e. The van der Waals surface area contributed by atoms with Gasteiger partial charge < -0.3 is 14.8 Å². The fourth-order valence-electron chi connectivity index (χ4n) is 5.14. The summed E-state index contributed by atoms with van der Waals surface area (Å²) in [7, 11) is 2.07. The number of fused-ring (bicyclic) bond motifs is 2. The van der Waals surface area contributed by atoms with Gasteiger partial charge in [-0.25, -0.2) is 14.8 Å². The Balaban J connectivity index is 1.24. The predicted molar refractivity (Wildman–Crippen MR) is 128 cm³/mol. The molecule has 1 saturated carbocycles. The highest BCUT2D eigenvalue weighted by Crippen LogP contribution is 2.42. The second kappa shape index (κ2) is 7.99. The largest absolute Gasteiger partial charge is 0.370 e. The van der Waals surface area contributed by atoms with Crippen molar-refractivity contribution in [3.8, 4) is 6.07 Å². The zero-order chi connectivity index (χ0) is 23.3. The van der Waals surface area contributed by atoms with E-state index in [9.17, 15) is 10.1 Å². The highest BCUT2D eigenvalue weighted by molar-refractivity contribution is 7.09. The Labute approximate surface area is 197 Å². The van der Waals surface area contributed by atoms with Gasteiger partial charge in [0.1, 0.15) is 17.5 Å². The molecule has 2 aliphatic rings. The fraction of sp³-hybridized carbons (Fsp3) is 0.522. The molecule has 2 fully saturated rings. The molecule has 1 aliphatic heterocycles. The van der Waals surface area contributed by atoms with Crippen LogP contribution < -0.4 is 10.2 Å². The molecule has 2 N–H and O–H groups in total. The van der Waals surface area contributed by atoms with E-state index >= 15 is 0 Å². The van der Waals surface area contributed by atoms with Crippen LogP contribution >= 0.6 is 11.5 Å². The summed E-state index contributed by atoms with van der Waals surface area (Å²) in [5.74, 6) is 1.66. The maximum atomic E-state index is 12.8. The smallest absolute Gasteiger partial charge is 0.323 e. The number of nitrogens with zero attached hydrogens (tertiary/aromatic N) is 6. The van der Waals surface area contributed by atoms with E-state index in [0.717, 1.165) is 48.5 Å². The lowest BCUT2D eigenvalue weighted by Gasteiger charge is -2.29. The zero-order valence-electron chi connectivity index (χ0n) is 19.3. The summed E-state index contributed by atoms with van der Waals surface area (Å²) in [6.45, 7) is 7.66. The van der Waals surface area contributed by atoms with Gasteiger partial charge in [0.25, 0.3) is 0 Å². The summed E-state index contributed by atoms with van der Waals surface area (Å²) in [5, 5.41) is 14.1. The summed E-state index contributed by atoms with van der Waals surface area (Å²) in [5.41, 5.74) is 2.18. The van der Waals surface area contributed by atoms with E-state index in [2.05, 4.69) is 63.4 Å². The zero-order valence-corrected chi connectivity index (χ0v) is 20.1. The Bertz CT molecular complexity index is 1220. The third kappa shape index (κ3) is 3.91. The van der Waals surface area contributed by atoms with Gasteiger partial charge in [0.15, 0.2) is 0 Å². The summed E-state index contributed by atoms with van der Waals surface area (Å²) >= 11 is 1.23. The van der Waals surface area contributed by atoms with Crippen LogP contribution in [0.25, 0.3) is 11.0 Å². The summed E-state index contributed by atoms with van der Waals surface area (Å²) in [6, 6.07) is 4.51. The van der Waals surface area contributed by atoms with Crippen LogP contribution in [0.1, 0.15) is 45.0 Å². The number of carbonyl (C=O) groups excluding carboxylic acids is 1. The van der Waals surface area contributed by atoms with Crippen molar-refractivity contribution in [1.29, 1.82) is 5.26 Å². The number of aromatic amines is 1. The Morgan fingerprint density at radius 1 is 1.33 bits per heavy atom. The van der Waals surface area contributed by atoms with Crippen molar-refractivity contribution in [2.75, 3.05) is 30.4 Å². The molecule has 3 aromatic rings. The topological polar surface area (TPSA) is 114 Å². The number of hydrogen-bond donors (Lipinski definition) is 2. The minimum Gasteiger partial charge on any atom is -0.370 e. The van der Waals surface area contributed by atoms with Crippen LogP contribution in [0.15, 0.2) is 18.5 Å². The number of anilines is 2. The van der Waals surface area contributed by atoms with E-state index in [1.54, 1.807) is 6.20 Å². The van der Waals surface area contributed by atoms with Gasteiger partial charge in [-0.1, -0.05) is 20.8 Å². The number of nitrogens with one attached hydrogen (secondary N) is 2.